The van der Waals surface area contributed by atoms with E-state index in [0.29, 0.717) is 25.0 Å². The molecule has 0 aromatic heterocycles. The smallest absolute Gasteiger partial charge is 0.126 e. The van der Waals surface area contributed by atoms with Crippen LogP contribution in [-0.4, -0.2) is 12.2 Å². The molecule has 1 unspecified atom stereocenters. The Balaban J connectivity index is 3.12. The van der Waals surface area contributed by atoms with Gasteiger partial charge in [0.05, 0.1) is 11.6 Å². The van der Waals surface area contributed by atoms with Gasteiger partial charge in [-0.1, -0.05) is 13.8 Å². The highest BCUT2D eigenvalue weighted by Gasteiger charge is 2.35. The summed E-state index contributed by atoms with van der Waals surface area (Å²) in [4.78, 5) is 0. The lowest BCUT2D eigenvalue weighted by Gasteiger charge is -2.37. The third kappa shape index (κ3) is 3.06. The number of benzene rings is 1. The van der Waals surface area contributed by atoms with Crippen molar-refractivity contribution in [2.24, 2.45) is 5.73 Å². The van der Waals surface area contributed by atoms with Gasteiger partial charge in [0.1, 0.15) is 11.6 Å². The standard InChI is InChI=1S/C14H21F2NO/c1-4-14(5-2,18-6-3)13(17)10-7-11(15)9-12(16)8-10/h7-9,13H,4-6,17H2,1-3H3. The van der Waals surface area contributed by atoms with Crippen LogP contribution in [0.25, 0.3) is 0 Å². The maximum absolute atomic E-state index is 13.2. The molecular formula is C14H21F2NO. The molecule has 0 radical (unpaired) electrons. The number of nitrogens with two attached hydrogens (primary N) is 1. The average Bonchev–Trinajstić information content (AvgIpc) is 2.34. The lowest BCUT2D eigenvalue weighted by Crippen LogP contribution is -2.43. The minimum Gasteiger partial charge on any atom is -0.373 e. The van der Waals surface area contributed by atoms with Crippen LogP contribution in [-0.2, 0) is 4.74 Å². The number of hydrogen-bond acceptors (Lipinski definition) is 2. The van der Waals surface area contributed by atoms with Gasteiger partial charge in [-0.05, 0) is 37.5 Å². The number of halogens is 2. The monoisotopic (exact) mass is 257 g/mol. The van der Waals surface area contributed by atoms with E-state index in [1.54, 1.807) is 0 Å². The Bertz CT molecular complexity index is 371. The van der Waals surface area contributed by atoms with Crippen molar-refractivity contribution >= 4 is 0 Å². The first kappa shape index (κ1) is 15.1. The van der Waals surface area contributed by atoms with Crippen molar-refractivity contribution in [1.29, 1.82) is 0 Å². The molecule has 0 fully saturated rings. The molecule has 0 aliphatic carbocycles. The zero-order valence-electron chi connectivity index (χ0n) is 11.2. The molecule has 0 aliphatic heterocycles. The minimum atomic E-state index is -0.613. The van der Waals surface area contributed by atoms with Crippen molar-refractivity contribution in [3.05, 3.63) is 35.4 Å². The molecule has 0 bridgehead atoms. The Labute approximate surface area is 107 Å². The summed E-state index contributed by atoms with van der Waals surface area (Å²) in [5.41, 5.74) is 6.02. The van der Waals surface area contributed by atoms with Gasteiger partial charge in [-0.3, -0.25) is 0 Å². The molecule has 0 saturated heterocycles. The van der Waals surface area contributed by atoms with Crippen molar-refractivity contribution in [2.75, 3.05) is 6.61 Å². The molecule has 0 spiro atoms. The molecule has 0 saturated carbocycles. The zero-order chi connectivity index (χ0) is 13.8. The Hall–Kier alpha value is -1.00. The Morgan fingerprint density at radius 2 is 1.61 bits per heavy atom. The highest BCUT2D eigenvalue weighted by molar-refractivity contribution is 5.24. The first-order chi connectivity index (χ1) is 8.49. The van der Waals surface area contributed by atoms with Crippen LogP contribution >= 0.6 is 0 Å². The predicted octanol–water partition coefficient (Wildman–Crippen LogP) is 3.56. The van der Waals surface area contributed by atoms with E-state index in [0.717, 1.165) is 6.07 Å². The van der Waals surface area contributed by atoms with Crippen molar-refractivity contribution in [3.8, 4) is 0 Å². The van der Waals surface area contributed by atoms with Crippen LogP contribution in [0.2, 0.25) is 0 Å². The lowest BCUT2D eigenvalue weighted by molar-refractivity contribution is -0.0646. The van der Waals surface area contributed by atoms with Crippen LogP contribution in [0.5, 0.6) is 0 Å². The second-order valence-electron chi connectivity index (χ2n) is 4.39. The molecular weight excluding hydrogens is 236 g/mol. The Morgan fingerprint density at radius 3 is 2.00 bits per heavy atom. The minimum absolute atomic E-state index is 0.435. The average molecular weight is 257 g/mol. The first-order valence-corrected chi connectivity index (χ1v) is 6.34. The highest BCUT2D eigenvalue weighted by atomic mass is 19.1. The highest BCUT2D eigenvalue weighted by Crippen LogP contribution is 2.34. The SMILES string of the molecule is CCOC(CC)(CC)C(N)c1cc(F)cc(F)c1. The molecule has 2 nitrogen and oxygen atoms in total. The summed E-state index contributed by atoms with van der Waals surface area (Å²) < 4.78 is 32.2. The fraction of sp³-hybridized carbons (Fsp3) is 0.571. The summed E-state index contributed by atoms with van der Waals surface area (Å²) in [5, 5.41) is 0. The molecule has 18 heavy (non-hydrogen) atoms. The summed E-state index contributed by atoms with van der Waals surface area (Å²) in [6.07, 6.45) is 1.38. The van der Waals surface area contributed by atoms with E-state index in [9.17, 15) is 8.78 Å². The van der Waals surface area contributed by atoms with Gasteiger partial charge in [0.2, 0.25) is 0 Å². The van der Waals surface area contributed by atoms with Crippen LogP contribution in [0.4, 0.5) is 8.78 Å². The van der Waals surface area contributed by atoms with E-state index < -0.39 is 23.3 Å². The largest absolute Gasteiger partial charge is 0.373 e. The molecule has 1 aromatic carbocycles. The van der Waals surface area contributed by atoms with Gasteiger partial charge in [-0.2, -0.15) is 0 Å². The summed E-state index contributed by atoms with van der Waals surface area (Å²) in [7, 11) is 0. The lowest BCUT2D eigenvalue weighted by atomic mass is 9.84. The Morgan fingerprint density at radius 1 is 1.11 bits per heavy atom. The number of rotatable bonds is 6. The quantitative estimate of drug-likeness (QED) is 0.845. The molecule has 102 valence electrons. The maximum atomic E-state index is 13.2. The summed E-state index contributed by atoms with van der Waals surface area (Å²) in [5.74, 6) is -1.23. The summed E-state index contributed by atoms with van der Waals surface area (Å²) in [6, 6.07) is 2.84. The van der Waals surface area contributed by atoms with Gasteiger partial charge in [0.25, 0.3) is 0 Å². The van der Waals surface area contributed by atoms with Crippen molar-refractivity contribution in [2.45, 2.75) is 45.3 Å². The van der Waals surface area contributed by atoms with Crippen molar-refractivity contribution < 1.29 is 13.5 Å². The molecule has 0 aliphatic rings. The third-order valence-corrected chi connectivity index (χ3v) is 3.44. The topological polar surface area (TPSA) is 35.2 Å². The van der Waals surface area contributed by atoms with Crippen LogP contribution in [0.15, 0.2) is 18.2 Å². The molecule has 0 amide bonds. The normalized spacial score (nSPS) is 13.7. The molecule has 4 heteroatoms. The first-order valence-electron chi connectivity index (χ1n) is 6.34. The van der Waals surface area contributed by atoms with Gasteiger partial charge in [-0.15, -0.1) is 0 Å². The van der Waals surface area contributed by atoms with Crippen LogP contribution < -0.4 is 5.73 Å². The second-order valence-corrected chi connectivity index (χ2v) is 4.39. The molecule has 2 N–H and O–H groups in total. The van der Waals surface area contributed by atoms with Crippen LogP contribution in [0, 0.1) is 11.6 Å². The van der Waals surface area contributed by atoms with E-state index in [1.807, 2.05) is 20.8 Å². The van der Waals surface area contributed by atoms with Gasteiger partial charge in [-0.25, -0.2) is 8.78 Å². The van der Waals surface area contributed by atoms with Crippen LogP contribution in [0.1, 0.15) is 45.2 Å². The zero-order valence-corrected chi connectivity index (χ0v) is 11.2. The van der Waals surface area contributed by atoms with Gasteiger partial charge < -0.3 is 10.5 Å². The van der Waals surface area contributed by atoms with E-state index in [4.69, 9.17) is 10.5 Å². The molecule has 1 rings (SSSR count). The van der Waals surface area contributed by atoms with Crippen LogP contribution in [0.3, 0.4) is 0 Å². The van der Waals surface area contributed by atoms with Crippen molar-refractivity contribution in [3.63, 3.8) is 0 Å². The summed E-state index contributed by atoms with van der Waals surface area (Å²) >= 11 is 0. The fourth-order valence-electron chi connectivity index (χ4n) is 2.33. The van der Waals surface area contributed by atoms with Gasteiger partial charge in [0, 0.05) is 12.7 Å². The number of hydrogen-bond donors (Lipinski definition) is 1. The fourth-order valence-corrected chi connectivity index (χ4v) is 2.33. The Kier molecular flexibility index (Phi) is 5.23. The maximum Gasteiger partial charge on any atom is 0.126 e. The van der Waals surface area contributed by atoms with E-state index in [1.165, 1.54) is 12.1 Å². The molecule has 1 atom stereocenters. The van der Waals surface area contributed by atoms with Gasteiger partial charge >= 0.3 is 0 Å². The molecule has 0 heterocycles. The van der Waals surface area contributed by atoms with E-state index >= 15 is 0 Å². The van der Waals surface area contributed by atoms with E-state index in [2.05, 4.69) is 0 Å². The second kappa shape index (κ2) is 6.25. The summed E-state index contributed by atoms with van der Waals surface area (Å²) in [6.45, 7) is 6.34. The number of ether oxygens (including phenoxy) is 1. The van der Waals surface area contributed by atoms with E-state index in [-0.39, 0.29) is 0 Å². The third-order valence-electron chi connectivity index (χ3n) is 3.44. The van der Waals surface area contributed by atoms with Crippen molar-refractivity contribution in [1.82, 2.24) is 0 Å². The molecule has 1 aromatic rings. The van der Waals surface area contributed by atoms with Gasteiger partial charge in [0.15, 0.2) is 0 Å². The predicted molar refractivity (Wildman–Crippen MR) is 68.2 cm³/mol.